The molecule has 0 aromatic heterocycles. The Morgan fingerprint density at radius 1 is 1.15 bits per heavy atom. The topological polar surface area (TPSA) is 73.2 Å². The number of fused-ring (bicyclic) bond motifs is 1. The van der Waals surface area contributed by atoms with Crippen molar-refractivity contribution >= 4 is 0 Å². The first-order chi connectivity index (χ1) is 16.0. The molecule has 34 heavy (non-hydrogen) atoms. The Kier molecular flexibility index (Phi) is 3.97. The normalized spacial score (nSPS) is 43.4. The second-order valence-electron chi connectivity index (χ2n) is 13.6. The van der Waals surface area contributed by atoms with Gasteiger partial charge < -0.3 is 20.1 Å². The maximum Gasteiger partial charge on any atom is 0.165 e. The summed E-state index contributed by atoms with van der Waals surface area (Å²) in [5, 5.41) is 34.1. The summed E-state index contributed by atoms with van der Waals surface area (Å²) < 4.78 is 6.81. The van der Waals surface area contributed by atoms with Gasteiger partial charge in [0.05, 0.1) is 17.6 Å². The van der Waals surface area contributed by atoms with E-state index in [1.54, 1.807) is 6.07 Å². The lowest BCUT2D eigenvalue weighted by Gasteiger charge is -2.73. The fraction of sp³-hybridized carbons (Fsp3) is 0.724. The van der Waals surface area contributed by atoms with Crippen molar-refractivity contribution in [2.45, 2.75) is 83.0 Å². The van der Waals surface area contributed by atoms with Gasteiger partial charge in [0.2, 0.25) is 0 Å². The fourth-order valence-electron chi connectivity index (χ4n) is 9.10. The number of likely N-dealkylation sites (tertiary alicyclic amines) is 1. The predicted octanol–water partition coefficient (Wildman–Crippen LogP) is 3.78. The SMILES string of the molecule is CC(C)(C)[C@@](C)(O)C1C[C@@]23C=CC1(CO)[C@@H]1Oc4c(O)ccc5c4[C@@]12CCN(CC1CC1)[C@@H]3C5. The van der Waals surface area contributed by atoms with Crippen LogP contribution in [0.4, 0.5) is 0 Å². The van der Waals surface area contributed by atoms with Crippen LogP contribution in [-0.4, -0.2) is 57.7 Å². The van der Waals surface area contributed by atoms with Crippen molar-refractivity contribution in [2.24, 2.45) is 28.1 Å². The van der Waals surface area contributed by atoms with Crippen LogP contribution in [0.25, 0.3) is 0 Å². The molecule has 1 aromatic carbocycles. The minimum atomic E-state index is -0.995. The van der Waals surface area contributed by atoms with Crippen LogP contribution >= 0.6 is 0 Å². The highest BCUT2D eigenvalue weighted by molar-refractivity contribution is 5.64. The van der Waals surface area contributed by atoms with E-state index >= 15 is 0 Å². The number of ether oxygens (including phenoxy) is 1. The first-order valence-electron chi connectivity index (χ1n) is 13.3. The molecule has 2 aliphatic heterocycles. The van der Waals surface area contributed by atoms with Crippen LogP contribution in [0.5, 0.6) is 11.5 Å². The number of aliphatic hydroxyl groups excluding tert-OH is 1. The molecule has 3 fully saturated rings. The maximum absolute atomic E-state index is 12.1. The van der Waals surface area contributed by atoms with Crippen LogP contribution in [0.3, 0.4) is 0 Å². The minimum absolute atomic E-state index is 0.0660. The smallest absolute Gasteiger partial charge is 0.165 e. The minimum Gasteiger partial charge on any atom is -0.504 e. The summed E-state index contributed by atoms with van der Waals surface area (Å²) in [4.78, 5) is 2.75. The quantitative estimate of drug-likeness (QED) is 0.590. The lowest BCUT2D eigenvalue weighted by Crippen LogP contribution is -2.79. The lowest BCUT2D eigenvalue weighted by molar-refractivity contribution is -0.238. The van der Waals surface area contributed by atoms with Crippen LogP contribution in [0.1, 0.15) is 64.5 Å². The third-order valence-electron chi connectivity index (χ3n) is 11.5. The van der Waals surface area contributed by atoms with Gasteiger partial charge in [-0.1, -0.05) is 39.0 Å². The lowest BCUT2D eigenvalue weighted by atomic mass is 9.33. The van der Waals surface area contributed by atoms with Crippen LogP contribution in [0, 0.1) is 28.1 Å². The van der Waals surface area contributed by atoms with Crippen molar-refractivity contribution in [2.75, 3.05) is 19.7 Å². The first-order valence-corrected chi connectivity index (χ1v) is 13.3. The number of benzene rings is 1. The molecule has 2 spiro atoms. The van der Waals surface area contributed by atoms with Crippen molar-refractivity contribution in [3.63, 3.8) is 0 Å². The molecule has 5 aliphatic carbocycles. The molecule has 1 saturated heterocycles. The molecule has 7 atom stereocenters. The highest BCUT2D eigenvalue weighted by Crippen LogP contribution is 2.77. The van der Waals surface area contributed by atoms with Crippen LogP contribution < -0.4 is 4.74 Å². The Hall–Kier alpha value is -1.56. The number of hydrogen-bond donors (Lipinski definition) is 3. The number of hydrogen-bond acceptors (Lipinski definition) is 5. The molecule has 7 aliphatic rings. The van der Waals surface area contributed by atoms with Gasteiger partial charge in [-0.3, -0.25) is 4.90 Å². The van der Waals surface area contributed by atoms with Gasteiger partial charge in [-0.05, 0) is 68.5 Å². The molecular weight excluding hydrogens is 426 g/mol. The summed E-state index contributed by atoms with van der Waals surface area (Å²) in [5.74, 6) is 1.52. The number of nitrogens with zero attached hydrogens (tertiary/aromatic N) is 1. The zero-order valence-corrected chi connectivity index (χ0v) is 21.0. The standard InChI is InChI=1S/C29H39NO4/c1-25(2,3)26(4,33)20-14-28-10-9-27(20,16-31)24-29(28)11-12-30(15-17-5-6-17)21(28)13-18-7-8-19(32)23(34-24)22(18)29/h7-10,17,20-21,24,31-33H,5-6,11-16H2,1-4H3/t20?,21-,24+,26+,27?,28-,29+/m1/s1. The number of rotatable bonds is 4. The third kappa shape index (κ3) is 2.20. The molecule has 0 radical (unpaired) electrons. The molecule has 1 aromatic rings. The van der Waals surface area contributed by atoms with Gasteiger partial charge in [0, 0.05) is 34.9 Å². The number of aromatic hydroxyl groups is 1. The molecule has 5 heteroatoms. The molecule has 2 heterocycles. The Morgan fingerprint density at radius 2 is 1.91 bits per heavy atom. The van der Waals surface area contributed by atoms with Crippen molar-refractivity contribution < 1.29 is 20.1 Å². The number of aliphatic hydroxyl groups is 2. The molecule has 5 nitrogen and oxygen atoms in total. The van der Waals surface area contributed by atoms with Crippen molar-refractivity contribution in [1.82, 2.24) is 4.90 Å². The van der Waals surface area contributed by atoms with E-state index in [4.69, 9.17) is 4.74 Å². The van der Waals surface area contributed by atoms with Gasteiger partial charge >= 0.3 is 0 Å². The highest BCUT2D eigenvalue weighted by Gasteiger charge is 2.80. The van der Waals surface area contributed by atoms with Crippen molar-refractivity contribution in [3.05, 3.63) is 35.4 Å². The summed E-state index contributed by atoms with van der Waals surface area (Å²) in [5.41, 5.74) is 0.0307. The molecule has 3 N–H and O–H groups in total. The van der Waals surface area contributed by atoms with Gasteiger partial charge in [0.15, 0.2) is 11.5 Å². The van der Waals surface area contributed by atoms with Crippen molar-refractivity contribution in [3.8, 4) is 11.5 Å². The summed E-state index contributed by atoms with van der Waals surface area (Å²) in [6, 6.07) is 4.26. The van der Waals surface area contributed by atoms with E-state index in [9.17, 15) is 15.3 Å². The largest absolute Gasteiger partial charge is 0.504 e. The molecule has 2 unspecified atom stereocenters. The van der Waals surface area contributed by atoms with Gasteiger partial charge in [0.25, 0.3) is 0 Å². The Balaban J connectivity index is 1.49. The summed E-state index contributed by atoms with van der Waals surface area (Å²) in [7, 11) is 0. The third-order valence-corrected chi connectivity index (χ3v) is 11.5. The van der Waals surface area contributed by atoms with Gasteiger partial charge in [-0.2, -0.15) is 0 Å². The Bertz CT molecular complexity index is 1100. The van der Waals surface area contributed by atoms with E-state index in [0.29, 0.717) is 11.8 Å². The van der Waals surface area contributed by atoms with Gasteiger partial charge in [-0.25, -0.2) is 0 Å². The monoisotopic (exact) mass is 465 g/mol. The first kappa shape index (κ1) is 21.7. The van der Waals surface area contributed by atoms with Crippen LogP contribution in [-0.2, 0) is 11.8 Å². The molecule has 8 rings (SSSR count). The molecule has 4 bridgehead atoms. The summed E-state index contributed by atoms with van der Waals surface area (Å²) in [6.07, 6.45) is 9.83. The molecule has 0 amide bonds. The zero-order chi connectivity index (χ0) is 23.9. The van der Waals surface area contributed by atoms with E-state index in [2.05, 4.69) is 43.9 Å². The van der Waals surface area contributed by atoms with Crippen LogP contribution in [0.15, 0.2) is 24.3 Å². The summed E-state index contributed by atoms with van der Waals surface area (Å²) in [6.45, 7) is 10.4. The second kappa shape index (κ2) is 6.22. The van der Waals surface area contributed by atoms with Gasteiger partial charge in [-0.15, -0.1) is 0 Å². The van der Waals surface area contributed by atoms with Gasteiger partial charge in [0.1, 0.15) is 6.10 Å². The molecule has 2 saturated carbocycles. The van der Waals surface area contributed by atoms with E-state index in [1.165, 1.54) is 24.0 Å². The predicted molar refractivity (Wildman–Crippen MR) is 130 cm³/mol. The summed E-state index contributed by atoms with van der Waals surface area (Å²) >= 11 is 0. The van der Waals surface area contributed by atoms with Crippen LogP contribution in [0.2, 0.25) is 0 Å². The van der Waals surface area contributed by atoms with E-state index in [1.807, 2.05) is 6.92 Å². The highest BCUT2D eigenvalue weighted by atomic mass is 16.5. The molecule has 184 valence electrons. The fourth-order valence-corrected chi connectivity index (χ4v) is 9.10. The van der Waals surface area contributed by atoms with E-state index in [-0.39, 0.29) is 40.6 Å². The molecular formula is C29H39NO4. The Labute approximate surface area is 202 Å². The number of piperidine rings is 1. The van der Waals surface area contributed by atoms with Crippen molar-refractivity contribution in [1.29, 1.82) is 0 Å². The zero-order valence-electron chi connectivity index (χ0n) is 21.0. The average Bonchev–Trinajstić information content (AvgIpc) is 3.53. The number of phenols is 1. The van der Waals surface area contributed by atoms with E-state index in [0.717, 1.165) is 38.3 Å². The van der Waals surface area contributed by atoms with E-state index < -0.39 is 11.0 Å². The number of phenolic OH excluding ortho intramolecular Hbond substituents is 1. The average molecular weight is 466 g/mol. The maximum atomic E-state index is 12.1. The second-order valence-corrected chi connectivity index (χ2v) is 13.6. The Morgan fingerprint density at radius 3 is 2.59 bits per heavy atom.